The number of amides is 1. The molecule has 0 aliphatic carbocycles. The fourth-order valence-corrected chi connectivity index (χ4v) is 5.52. The summed E-state index contributed by atoms with van der Waals surface area (Å²) in [6.07, 6.45) is 6.89. The summed E-state index contributed by atoms with van der Waals surface area (Å²) in [4.78, 5) is 19.7. The van der Waals surface area contributed by atoms with Gasteiger partial charge >= 0.3 is 0 Å². The predicted octanol–water partition coefficient (Wildman–Crippen LogP) is 5.09. The van der Waals surface area contributed by atoms with Crippen LogP contribution in [-0.4, -0.2) is 38.7 Å². The maximum absolute atomic E-state index is 13.5. The maximum Gasteiger partial charge on any atom is 0.256 e. The van der Waals surface area contributed by atoms with Gasteiger partial charge in [-0.05, 0) is 49.9 Å². The van der Waals surface area contributed by atoms with Crippen LogP contribution in [0, 0.1) is 0 Å². The second kappa shape index (κ2) is 7.84. The Hall–Kier alpha value is -2.57. The van der Waals surface area contributed by atoms with Gasteiger partial charge in [0.25, 0.3) is 5.91 Å². The van der Waals surface area contributed by atoms with E-state index in [2.05, 4.69) is 4.98 Å². The van der Waals surface area contributed by atoms with Gasteiger partial charge in [-0.3, -0.25) is 14.5 Å². The average Bonchev–Trinajstić information content (AvgIpc) is 3.07. The monoisotopic (exact) mass is 456 g/mol. The summed E-state index contributed by atoms with van der Waals surface area (Å²) in [5, 5.41) is 6.05. The highest BCUT2D eigenvalue weighted by Gasteiger charge is 2.43. The van der Waals surface area contributed by atoms with Crippen molar-refractivity contribution in [3.8, 4) is 17.0 Å². The van der Waals surface area contributed by atoms with E-state index in [-0.39, 0.29) is 18.0 Å². The summed E-state index contributed by atoms with van der Waals surface area (Å²) in [5.41, 5.74) is 4.66. The van der Waals surface area contributed by atoms with E-state index in [4.69, 9.17) is 33.0 Å². The highest BCUT2D eigenvalue weighted by Crippen LogP contribution is 2.45. The lowest BCUT2D eigenvalue weighted by molar-refractivity contribution is 0.0391. The zero-order chi connectivity index (χ0) is 21.7. The Morgan fingerprint density at radius 3 is 2.65 bits per heavy atom. The molecule has 2 bridgehead atoms. The molecule has 3 aromatic rings. The number of carbonyl (C=O) groups is 1. The van der Waals surface area contributed by atoms with Crippen LogP contribution in [0.25, 0.3) is 11.3 Å². The third-order valence-corrected chi connectivity index (χ3v) is 6.68. The van der Waals surface area contributed by atoms with Crippen molar-refractivity contribution >= 4 is 29.1 Å². The Bertz CT molecular complexity index is 1160. The molecule has 5 rings (SSSR count). The summed E-state index contributed by atoms with van der Waals surface area (Å²) in [6, 6.07) is 7.36. The molecule has 8 heteroatoms. The van der Waals surface area contributed by atoms with Gasteiger partial charge in [0.1, 0.15) is 5.75 Å². The highest BCUT2D eigenvalue weighted by atomic mass is 35.5. The van der Waals surface area contributed by atoms with Gasteiger partial charge in [-0.25, -0.2) is 0 Å². The lowest BCUT2D eigenvalue weighted by Gasteiger charge is -2.45. The van der Waals surface area contributed by atoms with Crippen molar-refractivity contribution < 1.29 is 9.53 Å². The number of benzene rings is 1. The topological polar surface area (TPSA) is 60.2 Å². The number of aromatic nitrogens is 3. The minimum absolute atomic E-state index is 0.0234. The number of rotatable bonds is 3. The number of halogens is 2. The largest absolute Gasteiger partial charge is 0.495 e. The second-order valence-electron chi connectivity index (χ2n) is 8.12. The fourth-order valence-electron chi connectivity index (χ4n) is 5.00. The smallest absolute Gasteiger partial charge is 0.256 e. The average molecular weight is 457 g/mol. The van der Waals surface area contributed by atoms with E-state index in [1.807, 2.05) is 28.8 Å². The predicted molar refractivity (Wildman–Crippen MR) is 120 cm³/mol. The lowest BCUT2D eigenvalue weighted by Crippen LogP contribution is -2.49. The van der Waals surface area contributed by atoms with Crippen LogP contribution in [0.15, 0.2) is 36.7 Å². The molecule has 6 nitrogen and oxygen atoms in total. The molecule has 0 spiro atoms. The van der Waals surface area contributed by atoms with E-state index in [1.54, 1.807) is 31.6 Å². The van der Waals surface area contributed by atoms with Gasteiger partial charge in [0.05, 0.1) is 36.3 Å². The summed E-state index contributed by atoms with van der Waals surface area (Å²) in [7, 11) is 3.51. The second-order valence-corrected chi connectivity index (χ2v) is 9.00. The van der Waals surface area contributed by atoms with Crippen molar-refractivity contribution in [2.75, 3.05) is 7.11 Å². The van der Waals surface area contributed by atoms with Crippen molar-refractivity contribution in [2.24, 2.45) is 7.05 Å². The molecule has 0 unspecified atom stereocenters. The van der Waals surface area contributed by atoms with Gasteiger partial charge in [0.2, 0.25) is 0 Å². The van der Waals surface area contributed by atoms with Crippen LogP contribution in [0.5, 0.6) is 5.75 Å². The summed E-state index contributed by atoms with van der Waals surface area (Å²) < 4.78 is 7.15. The van der Waals surface area contributed by atoms with Crippen LogP contribution in [0.3, 0.4) is 0 Å². The van der Waals surface area contributed by atoms with Crippen molar-refractivity contribution in [3.63, 3.8) is 0 Å². The zero-order valence-electron chi connectivity index (χ0n) is 17.3. The molecule has 4 heterocycles. The summed E-state index contributed by atoms with van der Waals surface area (Å²) in [5.74, 6) is 0.552. The van der Waals surface area contributed by atoms with Crippen LogP contribution in [0.4, 0.5) is 0 Å². The van der Waals surface area contributed by atoms with Gasteiger partial charge in [-0.2, -0.15) is 5.10 Å². The first-order valence-corrected chi connectivity index (χ1v) is 11.1. The molecular formula is C23H22Cl2N4O2. The third-order valence-electron chi connectivity index (χ3n) is 6.24. The zero-order valence-corrected chi connectivity index (χ0v) is 18.8. The standard InChI is InChI=1S/C23H22Cl2N4O2/c1-28-22(13-6-15(24)9-16(25)7-13)19-10-17-4-3-5-20(21(19)27-28)29(17)23(30)14-8-18(31-2)12-26-11-14/h6-9,11-12,17,20H,3-5,10H2,1-2H3/t17-,20+/m1/s1. The van der Waals surface area contributed by atoms with Crippen molar-refractivity contribution in [1.29, 1.82) is 0 Å². The number of nitrogens with zero attached hydrogens (tertiary/aromatic N) is 4. The number of methoxy groups -OCH3 is 1. The third kappa shape index (κ3) is 3.48. The maximum atomic E-state index is 13.5. The minimum Gasteiger partial charge on any atom is -0.495 e. The van der Waals surface area contributed by atoms with Crippen LogP contribution in [-0.2, 0) is 13.5 Å². The molecule has 1 aromatic carbocycles. The number of fused-ring (bicyclic) bond motifs is 4. The first-order chi connectivity index (χ1) is 15.0. The first-order valence-electron chi connectivity index (χ1n) is 10.3. The summed E-state index contributed by atoms with van der Waals surface area (Å²) >= 11 is 12.5. The van der Waals surface area contributed by atoms with Crippen LogP contribution >= 0.6 is 23.2 Å². The van der Waals surface area contributed by atoms with Crippen LogP contribution in [0.2, 0.25) is 10.0 Å². The van der Waals surface area contributed by atoms with Crippen molar-refractivity contribution in [3.05, 3.63) is 63.5 Å². The lowest BCUT2D eigenvalue weighted by atomic mass is 9.81. The molecule has 2 aliphatic heterocycles. The Kier molecular flexibility index (Phi) is 5.15. The molecule has 0 radical (unpaired) electrons. The number of piperidine rings is 1. The van der Waals surface area contributed by atoms with E-state index in [1.165, 1.54) is 5.56 Å². The number of hydrogen-bond acceptors (Lipinski definition) is 4. The number of carbonyl (C=O) groups excluding carboxylic acids is 1. The Labute approximate surface area is 190 Å². The molecular weight excluding hydrogens is 435 g/mol. The molecule has 31 heavy (non-hydrogen) atoms. The molecule has 0 N–H and O–H groups in total. The fraction of sp³-hybridized carbons (Fsp3) is 0.348. The number of ether oxygens (including phenoxy) is 1. The Morgan fingerprint density at radius 2 is 1.90 bits per heavy atom. The van der Waals surface area contributed by atoms with Gasteiger partial charge in [-0.1, -0.05) is 23.2 Å². The summed E-state index contributed by atoms with van der Waals surface area (Å²) in [6.45, 7) is 0. The minimum atomic E-state index is -0.0594. The SMILES string of the molecule is COc1cncc(C(=O)N2[C@@H]3CCC[C@H]2c2nn(C)c(-c4cc(Cl)cc(Cl)c4)c2C3)c1. The van der Waals surface area contributed by atoms with E-state index in [9.17, 15) is 4.79 Å². The number of aryl methyl sites for hydroxylation is 1. The van der Waals surface area contributed by atoms with Gasteiger partial charge < -0.3 is 9.64 Å². The van der Waals surface area contributed by atoms with E-state index < -0.39 is 0 Å². The number of pyridine rings is 1. The Morgan fingerprint density at radius 1 is 1.13 bits per heavy atom. The van der Waals surface area contributed by atoms with Gasteiger partial charge in [0, 0.05) is 40.5 Å². The van der Waals surface area contributed by atoms with Gasteiger partial charge in [-0.15, -0.1) is 0 Å². The van der Waals surface area contributed by atoms with Gasteiger partial charge in [0.15, 0.2) is 0 Å². The van der Waals surface area contributed by atoms with Crippen molar-refractivity contribution in [2.45, 2.75) is 37.8 Å². The molecule has 2 aromatic heterocycles. The molecule has 2 atom stereocenters. The molecule has 1 fully saturated rings. The van der Waals surface area contributed by atoms with Crippen LogP contribution in [0.1, 0.15) is 46.9 Å². The van der Waals surface area contributed by atoms with Crippen LogP contribution < -0.4 is 4.74 Å². The molecule has 0 saturated carbocycles. The quantitative estimate of drug-likeness (QED) is 0.550. The van der Waals surface area contributed by atoms with E-state index in [0.717, 1.165) is 42.6 Å². The molecule has 1 saturated heterocycles. The van der Waals surface area contributed by atoms with E-state index >= 15 is 0 Å². The molecule has 160 valence electrons. The van der Waals surface area contributed by atoms with Crippen molar-refractivity contribution in [1.82, 2.24) is 19.7 Å². The Balaban J connectivity index is 1.58. The highest BCUT2D eigenvalue weighted by molar-refractivity contribution is 6.35. The normalized spacial score (nSPS) is 19.8. The number of hydrogen-bond donors (Lipinski definition) is 0. The molecule has 1 amide bonds. The van der Waals surface area contributed by atoms with E-state index in [0.29, 0.717) is 21.4 Å². The molecule has 2 aliphatic rings. The first kappa shape index (κ1) is 20.3.